The number of β-amino-alcohol motifs (C(OH)–C–C–N with tert-alkyl or cyclic N) is 1. The highest BCUT2D eigenvalue weighted by Crippen LogP contribution is 2.27. The number of aliphatic hydroxyl groups excluding tert-OH is 2. The molecule has 3 unspecified atom stereocenters. The molecular formula is C12H19N3O2. The Kier molecular flexibility index (Phi) is 3.59. The van der Waals surface area contributed by atoms with E-state index in [2.05, 4.69) is 24.0 Å². The van der Waals surface area contributed by atoms with Gasteiger partial charge in [0.25, 0.3) is 0 Å². The SMILES string of the molecule is CC(C)C1CC(O)C(O)CN1c1cccnn1. The van der Waals surface area contributed by atoms with Crippen molar-refractivity contribution in [1.82, 2.24) is 10.2 Å². The molecule has 0 aromatic carbocycles. The fourth-order valence-electron chi connectivity index (χ4n) is 2.33. The molecule has 94 valence electrons. The van der Waals surface area contributed by atoms with Crippen molar-refractivity contribution in [3.63, 3.8) is 0 Å². The topological polar surface area (TPSA) is 69.5 Å². The number of rotatable bonds is 2. The first kappa shape index (κ1) is 12.3. The van der Waals surface area contributed by atoms with Crippen LogP contribution < -0.4 is 4.90 Å². The van der Waals surface area contributed by atoms with Crippen molar-refractivity contribution in [2.45, 2.75) is 38.5 Å². The molecule has 1 saturated heterocycles. The van der Waals surface area contributed by atoms with Crippen LogP contribution in [0.4, 0.5) is 5.82 Å². The highest BCUT2D eigenvalue weighted by atomic mass is 16.3. The van der Waals surface area contributed by atoms with E-state index in [1.165, 1.54) is 0 Å². The number of piperidine rings is 1. The lowest BCUT2D eigenvalue weighted by molar-refractivity contribution is -0.00697. The average molecular weight is 237 g/mol. The summed E-state index contributed by atoms with van der Waals surface area (Å²) < 4.78 is 0. The maximum Gasteiger partial charge on any atom is 0.151 e. The van der Waals surface area contributed by atoms with Crippen molar-refractivity contribution in [2.24, 2.45) is 5.92 Å². The zero-order valence-electron chi connectivity index (χ0n) is 10.2. The molecular weight excluding hydrogens is 218 g/mol. The summed E-state index contributed by atoms with van der Waals surface area (Å²) in [6, 6.07) is 3.90. The Morgan fingerprint density at radius 1 is 1.35 bits per heavy atom. The monoisotopic (exact) mass is 237 g/mol. The second-order valence-corrected chi connectivity index (χ2v) is 4.92. The molecule has 0 aliphatic carbocycles. The molecule has 1 aromatic rings. The molecule has 1 aromatic heterocycles. The quantitative estimate of drug-likeness (QED) is 0.781. The van der Waals surface area contributed by atoms with E-state index in [4.69, 9.17) is 0 Å². The first-order valence-corrected chi connectivity index (χ1v) is 6.00. The van der Waals surface area contributed by atoms with Crippen LogP contribution in [0.15, 0.2) is 18.3 Å². The van der Waals surface area contributed by atoms with Crippen LogP contribution in [0.5, 0.6) is 0 Å². The molecule has 5 heteroatoms. The summed E-state index contributed by atoms with van der Waals surface area (Å²) in [6.45, 7) is 4.62. The van der Waals surface area contributed by atoms with Gasteiger partial charge in [-0.25, -0.2) is 0 Å². The Labute approximate surface area is 101 Å². The lowest BCUT2D eigenvalue weighted by atomic mass is 9.89. The van der Waals surface area contributed by atoms with Gasteiger partial charge in [-0.05, 0) is 24.5 Å². The summed E-state index contributed by atoms with van der Waals surface area (Å²) in [5.74, 6) is 1.15. The summed E-state index contributed by atoms with van der Waals surface area (Å²) in [6.07, 6.45) is 0.834. The molecule has 3 atom stereocenters. The predicted octanol–water partition coefficient (Wildman–Crippen LogP) is 0.433. The summed E-state index contributed by atoms with van der Waals surface area (Å²) >= 11 is 0. The van der Waals surface area contributed by atoms with Gasteiger partial charge in [-0.1, -0.05) is 13.8 Å². The number of hydrogen-bond acceptors (Lipinski definition) is 5. The van der Waals surface area contributed by atoms with Gasteiger partial charge in [0.05, 0.1) is 12.2 Å². The fourth-order valence-corrected chi connectivity index (χ4v) is 2.33. The molecule has 0 radical (unpaired) electrons. The van der Waals surface area contributed by atoms with Gasteiger partial charge < -0.3 is 15.1 Å². The maximum absolute atomic E-state index is 9.77. The normalized spacial score (nSPS) is 29.7. The van der Waals surface area contributed by atoms with Gasteiger partial charge in [-0.3, -0.25) is 0 Å². The first-order chi connectivity index (χ1) is 8.09. The maximum atomic E-state index is 9.77. The van der Waals surface area contributed by atoms with Crippen LogP contribution in [-0.4, -0.2) is 45.2 Å². The zero-order valence-corrected chi connectivity index (χ0v) is 10.2. The van der Waals surface area contributed by atoms with E-state index in [9.17, 15) is 10.2 Å². The Bertz CT molecular complexity index is 358. The van der Waals surface area contributed by atoms with E-state index in [0.717, 1.165) is 5.82 Å². The van der Waals surface area contributed by atoms with Gasteiger partial charge in [0.1, 0.15) is 0 Å². The molecule has 17 heavy (non-hydrogen) atoms. The van der Waals surface area contributed by atoms with Gasteiger partial charge in [0, 0.05) is 18.8 Å². The van der Waals surface area contributed by atoms with Crippen LogP contribution in [0, 0.1) is 5.92 Å². The van der Waals surface area contributed by atoms with Crippen molar-refractivity contribution < 1.29 is 10.2 Å². The summed E-state index contributed by atoms with van der Waals surface area (Å²) in [7, 11) is 0. The van der Waals surface area contributed by atoms with E-state index < -0.39 is 12.2 Å². The van der Waals surface area contributed by atoms with Crippen molar-refractivity contribution >= 4 is 5.82 Å². The standard InChI is InChI=1S/C12H19N3O2/c1-8(2)9-6-10(16)11(17)7-15(9)12-4-3-5-13-14-12/h3-5,8-11,16-17H,6-7H2,1-2H3. The van der Waals surface area contributed by atoms with Crippen LogP contribution in [0.1, 0.15) is 20.3 Å². The van der Waals surface area contributed by atoms with Crippen LogP contribution in [0.2, 0.25) is 0 Å². The number of aliphatic hydroxyl groups is 2. The van der Waals surface area contributed by atoms with Gasteiger partial charge in [-0.2, -0.15) is 5.10 Å². The van der Waals surface area contributed by atoms with Crippen LogP contribution in [0.3, 0.4) is 0 Å². The minimum Gasteiger partial charge on any atom is -0.390 e. The molecule has 2 rings (SSSR count). The number of hydrogen-bond donors (Lipinski definition) is 2. The zero-order chi connectivity index (χ0) is 12.4. The number of aromatic nitrogens is 2. The predicted molar refractivity (Wildman–Crippen MR) is 64.6 cm³/mol. The summed E-state index contributed by atoms with van der Waals surface area (Å²) in [5.41, 5.74) is 0. The smallest absolute Gasteiger partial charge is 0.151 e. The highest BCUT2D eigenvalue weighted by molar-refractivity contribution is 5.39. The molecule has 2 N–H and O–H groups in total. The second-order valence-electron chi connectivity index (χ2n) is 4.92. The molecule has 0 amide bonds. The van der Waals surface area contributed by atoms with Crippen molar-refractivity contribution in [2.75, 3.05) is 11.4 Å². The van der Waals surface area contributed by atoms with Crippen molar-refractivity contribution in [1.29, 1.82) is 0 Å². The van der Waals surface area contributed by atoms with Crippen molar-refractivity contribution in [3.8, 4) is 0 Å². The second kappa shape index (κ2) is 4.98. The first-order valence-electron chi connectivity index (χ1n) is 6.00. The van der Waals surface area contributed by atoms with Gasteiger partial charge in [0.2, 0.25) is 0 Å². The van der Waals surface area contributed by atoms with E-state index in [-0.39, 0.29) is 6.04 Å². The fraction of sp³-hybridized carbons (Fsp3) is 0.667. The Morgan fingerprint density at radius 3 is 2.71 bits per heavy atom. The van der Waals surface area contributed by atoms with Gasteiger partial charge in [-0.15, -0.1) is 5.10 Å². The van der Waals surface area contributed by atoms with E-state index >= 15 is 0 Å². The van der Waals surface area contributed by atoms with Gasteiger partial charge in [0.15, 0.2) is 5.82 Å². The molecule has 5 nitrogen and oxygen atoms in total. The minimum atomic E-state index is -0.716. The molecule has 0 spiro atoms. The van der Waals surface area contributed by atoms with E-state index in [1.54, 1.807) is 6.20 Å². The molecule has 0 saturated carbocycles. The summed E-state index contributed by atoms with van der Waals surface area (Å²) in [5, 5.41) is 27.5. The Balaban J connectivity index is 2.23. The largest absolute Gasteiger partial charge is 0.390 e. The molecule has 2 heterocycles. The Morgan fingerprint density at radius 2 is 2.12 bits per heavy atom. The van der Waals surface area contributed by atoms with Crippen LogP contribution in [0.25, 0.3) is 0 Å². The van der Waals surface area contributed by atoms with Crippen LogP contribution in [-0.2, 0) is 0 Å². The molecule has 1 fully saturated rings. The molecule has 1 aliphatic heterocycles. The Hall–Kier alpha value is -1.20. The number of nitrogens with zero attached hydrogens (tertiary/aromatic N) is 3. The van der Waals surface area contributed by atoms with Gasteiger partial charge >= 0.3 is 0 Å². The van der Waals surface area contributed by atoms with E-state index in [1.807, 2.05) is 17.0 Å². The van der Waals surface area contributed by atoms with Crippen LogP contribution >= 0.6 is 0 Å². The lowest BCUT2D eigenvalue weighted by Gasteiger charge is -2.43. The molecule has 1 aliphatic rings. The third-order valence-electron chi connectivity index (χ3n) is 3.33. The third-order valence-corrected chi connectivity index (χ3v) is 3.33. The number of anilines is 1. The van der Waals surface area contributed by atoms with Crippen molar-refractivity contribution in [3.05, 3.63) is 18.3 Å². The average Bonchev–Trinajstić information content (AvgIpc) is 2.33. The minimum absolute atomic E-state index is 0.185. The third kappa shape index (κ3) is 2.56. The summed E-state index contributed by atoms with van der Waals surface area (Å²) in [4.78, 5) is 2.04. The molecule has 0 bridgehead atoms. The lowest BCUT2D eigenvalue weighted by Crippen LogP contribution is -2.54. The van der Waals surface area contributed by atoms with E-state index in [0.29, 0.717) is 18.9 Å². The highest BCUT2D eigenvalue weighted by Gasteiger charge is 2.35.